The van der Waals surface area contributed by atoms with Gasteiger partial charge in [-0.15, -0.1) is 0 Å². The van der Waals surface area contributed by atoms with Gasteiger partial charge in [0.15, 0.2) is 5.90 Å². The third-order valence-electron chi connectivity index (χ3n) is 2.73. The largest absolute Gasteiger partial charge is 0.479 e. The Hall–Kier alpha value is -0.570. The number of nitrogens with zero attached hydrogens (tertiary/aromatic N) is 1. The van der Waals surface area contributed by atoms with Crippen LogP contribution in [0, 0.1) is 0 Å². The molecular weight excluding hydrogens is 190 g/mol. The van der Waals surface area contributed by atoms with Crippen molar-refractivity contribution in [1.82, 2.24) is 0 Å². The number of hydrogen-bond acceptors (Lipinski definition) is 3. The fourth-order valence-corrected chi connectivity index (χ4v) is 1.77. The van der Waals surface area contributed by atoms with Crippen molar-refractivity contribution >= 4 is 5.90 Å². The van der Waals surface area contributed by atoms with Crippen molar-refractivity contribution in [2.24, 2.45) is 4.99 Å². The first-order valence-corrected chi connectivity index (χ1v) is 6.17. The van der Waals surface area contributed by atoms with Gasteiger partial charge in [0.05, 0.1) is 12.6 Å². The lowest BCUT2D eigenvalue weighted by molar-refractivity contribution is 0.151. The minimum atomic E-state index is -0.172. The second-order valence-electron chi connectivity index (χ2n) is 4.17. The van der Waals surface area contributed by atoms with Crippen molar-refractivity contribution in [3.05, 3.63) is 0 Å². The van der Waals surface area contributed by atoms with Crippen LogP contribution in [0.25, 0.3) is 0 Å². The molecule has 0 fully saturated rings. The molecule has 0 aromatic rings. The molecule has 1 unspecified atom stereocenters. The van der Waals surface area contributed by atoms with E-state index in [1.54, 1.807) is 0 Å². The van der Waals surface area contributed by atoms with Crippen molar-refractivity contribution in [3.63, 3.8) is 0 Å². The molecule has 0 aliphatic carbocycles. The molecule has 1 N–H and O–H groups in total. The Morgan fingerprint density at radius 2 is 2.20 bits per heavy atom. The zero-order chi connectivity index (χ0) is 10.9. The quantitative estimate of drug-likeness (QED) is 0.629. The maximum atomic E-state index is 9.70. The van der Waals surface area contributed by atoms with Crippen LogP contribution >= 0.6 is 0 Å². The molecule has 0 aromatic heterocycles. The summed E-state index contributed by atoms with van der Waals surface area (Å²) in [5.41, 5.74) is 0. The van der Waals surface area contributed by atoms with Crippen molar-refractivity contribution in [2.45, 2.75) is 58.0 Å². The number of unbranched alkanes of at least 4 members (excludes halogenated alkanes) is 3. The lowest BCUT2D eigenvalue weighted by Gasteiger charge is -2.09. The first-order valence-electron chi connectivity index (χ1n) is 6.17. The lowest BCUT2D eigenvalue weighted by atomic mass is 10.1. The van der Waals surface area contributed by atoms with Crippen molar-refractivity contribution in [3.8, 4) is 0 Å². The predicted molar refractivity (Wildman–Crippen MR) is 62.3 cm³/mol. The van der Waals surface area contributed by atoms with E-state index in [2.05, 4.69) is 11.9 Å². The van der Waals surface area contributed by atoms with E-state index in [4.69, 9.17) is 4.74 Å². The molecule has 88 valence electrons. The van der Waals surface area contributed by atoms with E-state index in [0.717, 1.165) is 44.7 Å². The summed E-state index contributed by atoms with van der Waals surface area (Å²) in [6, 6.07) is 0. The average molecular weight is 213 g/mol. The molecular formula is C12H23NO2. The Morgan fingerprint density at radius 3 is 2.87 bits per heavy atom. The minimum Gasteiger partial charge on any atom is -0.479 e. The topological polar surface area (TPSA) is 41.8 Å². The smallest absolute Gasteiger partial charge is 0.183 e. The van der Waals surface area contributed by atoms with Gasteiger partial charge in [-0.1, -0.05) is 32.6 Å². The molecule has 15 heavy (non-hydrogen) atoms. The highest BCUT2D eigenvalue weighted by atomic mass is 16.5. The minimum absolute atomic E-state index is 0.172. The van der Waals surface area contributed by atoms with Gasteiger partial charge in [0, 0.05) is 6.42 Å². The van der Waals surface area contributed by atoms with Crippen LogP contribution in [-0.4, -0.2) is 30.3 Å². The molecule has 0 radical (unpaired) electrons. The van der Waals surface area contributed by atoms with Crippen LogP contribution in [0.1, 0.15) is 51.9 Å². The maximum Gasteiger partial charge on any atom is 0.183 e. The molecule has 0 spiro atoms. The van der Waals surface area contributed by atoms with Gasteiger partial charge >= 0.3 is 0 Å². The SMILES string of the molecule is CCCCCCC(O)CCC1=NCCO1. The summed E-state index contributed by atoms with van der Waals surface area (Å²) in [5, 5.41) is 9.70. The summed E-state index contributed by atoms with van der Waals surface area (Å²) in [5.74, 6) is 0.836. The second-order valence-corrected chi connectivity index (χ2v) is 4.17. The van der Waals surface area contributed by atoms with E-state index in [9.17, 15) is 5.11 Å². The van der Waals surface area contributed by atoms with Crippen LogP contribution in [0.4, 0.5) is 0 Å². The highest BCUT2D eigenvalue weighted by Gasteiger charge is 2.10. The monoisotopic (exact) mass is 213 g/mol. The van der Waals surface area contributed by atoms with Gasteiger partial charge in [-0.3, -0.25) is 4.99 Å². The molecule has 1 aliphatic heterocycles. The van der Waals surface area contributed by atoms with Crippen molar-refractivity contribution in [2.75, 3.05) is 13.2 Å². The van der Waals surface area contributed by atoms with Gasteiger partial charge in [-0.2, -0.15) is 0 Å². The molecule has 1 heterocycles. The normalized spacial score (nSPS) is 17.3. The Morgan fingerprint density at radius 1 is 1.33 bits per heavy atom. The van der Waals surface area contributed by atoms with Gasteiger partial charge in [-0.05, 0) is 12.8 Å². The van der Waals surface area contributed by atoms with E-state index < -0.39 is 0 Å². The molecule has 0 bridgehead atoms. The van der Waals surface area contributed by atoms with E-state index in [1.807, 2.05) is 0 Å². The standard InChI is InChI=1S/C12H23NO2/c1-2-3-4-5-6-11(14)7-8-12-13-9-10-15-12/h11,14H,2-10H2,1H3. The molecule has 1 aliphatic rings. The molecule has 0 amide bonds. The van der Waals surface area contributed by atoms with Gasteiger partial charge in [-0.25, -0.2) is 0 Å². The van der Waals surface area contributed by atoms with E-state index in [0.29, 0.717) is 0 Å². The first-order chi connectivity index (χ1) is 7.33. The Balaban J connectivity index is 1.95. The number of aliphatic imine (C=N–C) groups is 1. The van der Waals surface area contributed by atoms with Gasteiger partial charge in [0.2, 0.25) is 0 Å². The van der Waals surface area contributed by atoms with Crippen LogP contribution < -0.4 is 0 Å². The summed E-state index contributed by atoms with van der Waals surface area (Å²) in [4.78, 5) is 4.20. The molecule has 1 rings (SSSR count). The molecule has 3 heteroatoms. The molecule has 0 saturated heterocycles. The zero-order valence-electron chi connectivity index (χ0n) is 9.74. The summed E-state index contributed by atoms with van der Waals surface area (Å²) in [6.45, 7) is 3.72. The third kappa shape index (κ3) is 5.78. The van der Waals surface area contributed by atoms with Crippen LogP contribution in [0.5, 0.6) is 0 Å². The van der Waals surface area contributed by atoms with Crippen LogP contribution in [0.3, 0.4) is 0 Å². The predicted octanol–water partition coefficient (Wildman–Crippen LogP) is 2.53. The lowest BCUT2D eigenvalue weighted by Crippen LogP contribution is -2.10. The number of ether oxygens (including phenoxy) is 1. The van der Waals surface area contributed by atoms with Gasteiger partial charge in [0.1, 0.15) is 6.61 Å². The van der Waals surface area contributed by atoms with E-state index in [-0.39, 0.29) is 6.10 Å². The Labute approximate surface area is 92.6 Å². The fraction of sp³-hybridized carbons (Fsp3) is 0.917. The second kappa shape index (κ2) is 7.69. The first kappa shape index (κ1) is 12.5. The summed E-state index contributed by atoms with van der Waals surface area (Å²) < 4.78 is 5.29. The maximum absolute atomic E-state index is 9.70. The molecule has 1 atom stereocenters. The summed E-state index contributed by atoms with van der Waals surface area (Å²) >= 11 is 0. The van der Waals surface area contributed by atoms with Crippen LogP contribution in [0.15, 0.2) is 4.99 Å². The molecule has 0 aromatic carbocycles. The number of aliphatic hydroxyl groups is 1. The van der Waals surface area contributed by atoms with E-state index >= 15 is 0 Å². The van der Waals surface area contributed by atoms with Crippen molar-refractivity contribution < 1.29 is 9.84 Å². The summed E-state index contributed by atoms with van der Waals surface area (Å²) in [6.07, 6.45) is 7.26. The van der Waals surface area contributed by atoms with Gasteiger partial charge in [0.25, 0.3) is 0 Å². The van der Waals surface area contributed by atoms with Crippen molar-refractivity contribution in [1.29, 1.82) is 0 Å². The van der Waals surface area contributed by atoms with Crippen LogP contribution in [-0.2, 0) is 4.74 Å². The van der Waals surface area contributed by atoms with Crippen LogP contribution in [0.2, 0.25) is 0 Å². The highest BCUT2D eigenvalue weighted by Crippen LogP contribution is 2.11. The number of rotatable bonds is 8. The summed E-state index contributed by atoms with van der Waals surface area (Å²) in [7, 11) is 0. The highest BCUT2D eigenvalue weighted by molar-refractivity contribution is 5.77. The number of aliphatic hydroxyl groups excluding tert-OH is 1. The third-order valence-corrected chi connectivity index (χ3v) is 2.73. The fourth-order valence-electron chi connectivity index (χ4n) is 1.77. The zero-order valence-corrected chi connectivity index (χ0v) is 9.74. The Bertz CT molecular complexity index is 192. The number of hydrogen-bond donors (Lipinski definition) is 1. The molecule has 3 nitrogen and oxygen atoms in total. The molecule has 0 saturated carbocycles. The average Bonchev–Trinajstić information content (AvgIpc) is 2.74. The Kier molecular flexibility index (Phi) is 6.41. The van der Waals surface area contributed by atoms with Gasteiger partial charge < -0.3 is 9.84 Å². The van der Waals surface area contributed by atoms with E-state index in [1.165, 1.54) is 19.3 Å².